The second-order valence-electron chi connectivity index (χ2n) is 4.84. The maximum absolute atomic E-state index is 12.9. The molecule has 0 saturated heterocycles. The van der Waals surface area contributed by atoms with E-state index in [-0.39, 0.29) is 11.9 Å². The van der Waals surface area contributed by atoms with E-state index in [1.54, 1.807) is 11.8 Å². The molecule has 0 aliphatic carbocycles. The molecule has 1 unspecified atom stereocenters. The summed E-state index contributed by atoms with van der Waals surface area (Å²) in [5, 5.41) is 3.55. The second kappa shape index (κ2) is 8.20. The van der Waals surface area contributed by atoms with Gasteiger partial charge in [0.15, 0.2) is 0 Å². The lowest BCUT2D eigenvalue weighted by molar-refractivity contribution is 0.523. The molecule has 0 aliphatic rings. The van der Waals surface area contributed by atoms with E-state index in [0.717, 1.165) is 36.0 Å². The SMILES string of the molecule is CCCNC(CSc1ccc(F)cc1)c1nccn1CC. The third kappa shape index (κ3) is 4.58. The van der Waals surface area contributed by atoms with Crippen LogP contribution < -0.4 is 5.32 Å². The van der Waals surface area contributed by atoms with Gasteiger partial charge in [-0.05, 0) is 44.2 Å². The molecule has 0 spiro atoms. The largest absolute Gasteiger partial charge is 0.334 e. The van der Waals surface area contributed by atoms with Crippen LogP contribution in [0.15, 0.2) is 41.6 Å². The van der Waals surface area contributed by atoms with Crippen LogP contribution in [0.25, 0.3) is 0 Å². The van der Waals surface area contributed by atoms with Gasteiger partial charge in [0.1, 0.15) is 11.6 Å². The molecule has 0 bridgehead atoms. The highest BCUT2D eigenvalue weighted by atomic mass is 32.2. The van der Waals surface area contributed by atoms with E-state index in [9.17, 15) is 4.39 Å². The summed E-state index contributed by atoms with van der Waals surface area (Å²) >= 11 is 1.72. The number of thioether (sulfide) groups is 1. The number of aryl methyl sites for hydroxylation is 1. The summed E-state index contributed by atoms with van der Waals surface area (Å²) in [7, 11) is 0. The molecule has 1 N–H and O–H groups in total. The molecule has 2 rings (SSSR count). The van der Waals surface area contributed by atoms with Crippen molar-refractivity contribution in [2.24, 2.45) is 0 Å². The summed E-state index contributed by atoms with van der Waals surface area (Å²) in [6, 6.07) is 6.86. The molecule has 0 aliphatic heterocycles. The predicted molar refractivity (Wildman–Crippen MR) is 86.1 cm³/mol. The van der Waals surface area contributed by atoms with Gasteiger partial charge < -0.3 is 9.88 Å². The molecule has 21 heavy (non-hydrogen) atoms. The fourth-order valence-corrected chi connectivity index (χ4v) is 3.11. The average molecular weight is 307 g/mol. The smallest absolute Gasteiger partial charge is 0.126 e. The minimum absolute atomic E-state index is 0.193. The van der Waals surface area contributed by atoms with Gasteiger partial charge in [0.25, 0.3) is 0 Å². The topological polar surface area (TPSA) is 29.9 Å². The molecule has 2 aromatic rings. The van der Waals surface area contributed by atoms with Gasteiger partial charge in [0.05, 0.1) is 6.04 Å². The van der Waals surface area contributed by atoms with Crippen molar-refractivity contribution in [1.29, 1.82) is 0 Å². The highest BCUT2D eigenvalue weighted by Crippen LogP contribution is 2.24. The maximum atomic E-state index is 12.9. The Morgan fingerprint density at radius 2 is 2.05 bits per heavy atom. The molecular weight excluding hydrogens is 285 g/mol. The Hall–Kier alpha value is -1.33. The standard InChI is InChI=1S/C16H22FN3S/c1-3-9-18-15(16-19-10-11-20(16)4-2)12-21-14-7-5-13(17)6-8-14/h5-8,10-11,15,18H,3-4,9,12H2,1-2H3. The van der Waals surface area contributed by atoms with Crippen molar-refractivity contribution in [2.75, 3.05) is 12.3 Å². The van der Waals surface area contributed by atoms with Gasteiger partial charge in [-0.3, -0.25) is 0 Å². The lowest BCUT2D eigenvalue weighted by atomic mass is 10.3. The summed E-state index contributed by atoms with van der Waals surface area (Å²) in [5.41, 5.74) is 0. The number of halogens is 1. The van der Waals surface area contributed by atoms with E-state index in [2.05, 4.69) is 28.7 Å². The van der Waals surface area contributed by atoms with Gasteiger partial charge in [-0.15, -0.1) is 11.8 Å². The average Bonchev–Trinajstić information content (AvgIpc) is 2.97. The van der Waals surface area contributed by atoms with E-state index < -0.39 is 0 Å². The van der Waals surface area contributed by atoms with Gasteiger partial charge in [0, 0.05) is 29.6 Å². The summed E-state index contributed by atoms with van der Waals surface area (Å²) in [5.74, 6) is 1.75. The molecular formula is C16H22FN3S. The van der Waals surface area contributed by atoms with Crippen molar-refractivity contribution < 1.29 is 4.39 Å². The van der Waals surface area contributed by atoms with E-state index >= 15 is 0 Å². The van der Waals surface area contributed by atoms with Crippen molar-refractivity contribution in [3.05, 3.63) is 48.3 Å². The van der Waals surface area contributed by atoms with Crippen LogP contribution in [0.5, 0.6) is 0 Å². The quantitative estimate of drug-likeness (QED) is 0.751. The fourth-order valence-electron chi connectivity index (χ4n) is 2.15. The number of hydrogen-bond acceptors (Lipinski definition) is 3. The fraction of sp³-hybridized carbons (Fsp3) is 0.438. The van der Waals surface area contributed by atoms with Crippen molar-refractivity contribution in [3.63, 3.8) is 0 Å². The Morgan fingerprint density at radius 3 is 2.71 bits per heavy atom. The first-order valence-electron chi connectivity index (χ1n) is 7.37. The Labute approximate surface area is 130 Å². The first-order chi connectivity index (χ1) is 10.2. The Balaban J connectivity index is 2.04. The monoisotopic (exact) mass is 307 g/mol. The second-order valence-corrected chi connectivity index (χ2v) is 5.94. The van der Waals surface area contributed by atoms with Crippen LogP contribution >= 0.6 is 11.8 Å². The number of nitrogens with zero attached hydrogens (tertiary/aromatic N) is 2. The predicted octanol–water partition coefficient (Wildman–Crippen LogP) is 3.88. The molecule has 1 atom stereocenters. The zero-order valence-electron chi connectivity index (χ0n) is 12.6. The molecule has 3 nitrogen and oxygen atoms in total. The zero-order valence-corrected chi connectivity index (χ0v) is 13.4. The molecule has 114 valence electrons. The summed E-state index contributed by atoms with van der Waals surface area (Å²) in [6.45, 7) is 6.16. The molecule has 0 radical (unpaired) electrons. The lowest BCUT2D eigenvalue weighted by Crippen LogP contribution is -2.27. The van der Waals surface area contributed by atoms with Crippen molar-refractivity contribution in [2.45, 2.75) is 37.8 Å². The number of nitrogens with one attached hydrogen (secondary N) is 1. The minimum Gasteiger partial charge on any atom is -0.334 e. The van der Waals surface area contributed by atoms with Crippen molar-refractivity contribution in [3.8, 4) is 0 Å². The normalized spacial score (nSPS) is 12.5. The molecule has 5 heteroatoms. The van der Waals surface area contributed by atoms with Gasteiger partial charge in [-0.25, -0.2) is 9.37 Å². The molecule has 0 amide bonds. The van der Waals surface area contributed by atoms with Gasteiger partial charge in [0.2, 0.25) is 0 Å². The van der Waals surface area contributed by atoms with E-state index in [1.807, 2.05) is 24.5 Å². The van der Waals surface area contributed by atoms with Crippen LogP contribution in [0.2, 0.25) is 0 Å². The van der Waals surface area contributed by atoms with Crippen LogP contribution in [-0.2, 0) is 6.54 Å². The first-order valence-corrected chi connectivity index (χ1v) is 8.36. The number of benzene rings is 1. The highest BCUT2D eigenvalue weighted by molar-refractivity contribution is 7.99. The molecule has 0 saturated carbocycles. The molecule has 1 heterocycles. The number of rotatable bonds is 8. The van der Waals surface area contributed by atoms with Crippen LogP contribution in [-0.4, -0.2) is 21.8 Å². The minimum atomic E-state index is -0.193. The lowest BCUT2D eigenvalue weighted by Gasteiger charge is -2.19. The summed E-state index contributed by atoms with van der Waals surface area (Å²) in [6.07, 6.45) is 4.95. The first kappa shape index (κ1) is 16.0. The Kier molecular flexibility index (Phi) is 6.26. The van der Waals surface area contributed by atoms with Gasteiger partial charge >= 0.3 is 0 Å². The Bertz CT molecular complexity index is 539. The van der Waals surface area contributed by atoms with Gasteiger partial charge in [-0.1, -0.05) is 6.92 Å². The van der Waals surface area contributed by atoms with Gasteiger partial charge in [-0.2, -0.15) is 0 Å². The molecule has 1 aromatic carbocycles. The third-order valence-electron chi connectivity index (χ3n) is 3.27. The molecule has 1 aromatic heterocycles. The van der Waals surface area contributed by atoms with Crippen LogP contribution in [0.3, 0.4) is 0 Å². The number of imidazole rings is 1. The number of hydrogen-bond donors (Lipinski definition) is 1. The summed E-state index contributed by atoms with van der Waals surface area (Å²) < 4.78 is 15.1. The third-order valence-corrected chi connectivity index (χ3v) is 4.38. The van der Waals surface area contributed by atoms with Crippen LogP contribution in [0, 0.1) is 5.82 Å². The van der Waals surface area contributed by atoms with E-state index in [4.69, 9.17) is 0 Å². The number of aromatic nitrogens is 2. The van der Waals surface area contributed by atoms with Crippen molar-refractivity contribution in [1.82, 2.24) is 14.9 Å². The zero-order chi connectivity index (χ0) is 15.1. The highest BCUT2D eigenvalue weighted by Gasteiger charge is 2.16. The van der Waals surface area contributed by atoms with E-state index in [1.165, 1.54) is 12.1 Å². The van der Waals surface area contributed by atoms with Crippen LogP contribution in [0.1, 0.15) is 32.1 Å². The van der Waals surface area contributed by atoms with Crippen LogP contribution in [0.4, 0.5) is 4.39 Å². The molecule has 0 fully saturated rings. The van der Waals surface area contributed by atoms with E-state index in [0.29, 0.717) is 0 Å². The maximum Gasteiger partial charge on any atom is 0.126 e. The van der Waals surface area contributed by atoms with Crippen molar-refractivity contribution >= 4 is 11.8 Å². The summed E-state index contributed by atoms with van der Waals surface area (Å²) in [4.78, 5) is 5.57. The Morgan fingerprint density at radius 1 is 1.29 bits per heavy atom.